The van der Waals surface area contributed by atoms with Crippen molar-refractivity contribution >= 4 is 22.6 Å². The first-order valence-corrected chi connectivity index (χ1v) is 6.86. The van der Waals surface area contributed by atoms with Crippen molar-refractivity contribution in [2.24, 2.45) is 0 Å². The summed E-state index contributed by atoms with van der Waals surface area (Å²) in [6, 6.07) is 7.74. The number of hydrogen-bond acceptors (Lipinski definition) is 3. The molecular formula is C14H13N3OS. The van der Waals surface area contributed by atoms with Gasteiger partial charge in [-0.25, -0.2) is 0 Å². The van der Waals surface area contributed by atoms with Gasteiger partial charge < -0.3 is 10.3 Å². The van der Waals surface area contributed by atoms with Crippen molar-refractivity contribution in [3.8, 4) is 0 Å². The number of nitrogens with one attached hydrogen (secondary N) is 2. The molecule has 0 saturated carbocycles. The monoisotopic (exact) mass is 271 g/mol. The summed E-state index contributed by atoms with van der Waals surface area (Å²) in [5.74, 6) is 0.0164. The van der Waals surface area contributed by atoms with Gasteiger partial charge in [0.25, 0.3) is 0 Å². The zero-order valence-electron chi connectivity index (χ0n) is 10.4. The van der Waals surface area contributed by atoms with Crippen LogP contribution in [-0.4, -0.2) is 15.9 Å². The molecule has 0 bridgehead atoms. The third-order valence-electron chi connectivity index (χ3n) is 2.97. The summed E-state index contributed by atoms with van der Waals surface area (Å²) in [4.78, 5) is 20.3. The molecule has 1 aliphatic rings. The van der Waals surface area contributed by atoms with Crippen LogP contribution in [0.4, 0.5) is 0 Å². The molecule has 0 aliphatic carbocycles. The van der Waals surface area contributed by atoms with E-state index in [4.69, 9.17) is 0 Å². The molecule has 1 amide bonds. The minimum atomic E-state index is -0.234. The van der Waals surface area contributed by atoms with Crippen molar-refractivity contribution in [3.63, 3.8) is 0 Å². The predicted octanol–water partition coefficient (Wildman–Crippen LogP) is 2.70. The van der Waals surface area contributed by atoms with Crippen LogP contribution >= 0.6 is 11.8 Å². The lowest BCUT2D eigenvalue weighted by molar-refractivity contribution is -0.120. The minimum Gasteiger partial charge on any atom is -0.364 e. The smallest absolute Gasteiger partial charge is 0.243 e. The third-order valence-corrected chi connectivity index (χ3v) is 4.45. The Morgan fingerprint density at radius 1 is 1.26 bits per heavy atom. The van der Waals surface area contributed by atoms with Gasteiger partial charge in [0.2, 0.25) is 5.91 Å². The van der Waals surface area contributed by atoms with Crippen LogP contribution in [0.5, 0.6) is 0 Å². The Kier molecular flexibility index (Phi) is 3.13. The first-order valence-electron chi connectivity index (χ1n) is 5.98. The number of thioether (sulfide) groups is 1. The molecule has 3 rings (SSSR count). The van der Waals surface area contributed by atoms with Crippen LogP contribution in [0.2, 0.25) is 0 Å². The maximum absolute atomic E-state index is 12.1. The molecule has 1 unspecified atom stereocenters. The molecule has 1 atom stereocenters. The fourth-order valence-corrected chi connectivity index (χ4v) is 3.24. The first kappa shape index (κ1) is 12.0. The van der Waals surface area contributed by atoms with Crippen molar-refractivity contribution in [2.45, 2.75) is 12.2 Å². The molecule has 2 N–H and O–H groups in total. The van der Waals surface area contributed by atoms with E-state index >= 15 is 0 Å². The van der Waals surface area contributed by atoms with Gasteiger partial charge in [0, 0.05) is 34.9 Å². The number of aromatic nitrogens is 2. The average molecular weight is 271 g/mol. The van der Waals surface area contributed by atoms with Crippen molar-refractivity contribution in [2.75, 3.05) is 0 Å². The Bertz CT molecular complexity index is 619. The summed E-state index contributed by atoms with van der Waals surface area (Å²) in [6.45, 7) is 1.92. The van der Waals surface area contributed by atoms with Crippen molar-refractivity contribution < 1.29 is 4.79 Å². The van der Waals surface area contributed by atoms with E-state index in [9.17, 15) is 4.79 Å². The second kappa shape index (κ2) is 4.93. The van der Waals surface area contributed by atoms with Crippen molar-refractivity contribution in [1.82, 2.24) is 15.3 Å². The maximum Gasteiger partial charge on any atom is 0.243 e. The number of allylic oxidation sites excluding steroid dienone is 1. The summed E-state index contributed by atoms with van der Waals surface area (Å²) >= 11 is 1.57. The van der Waals surface area contributed by atoms with Gasteiger partial charge in [-0.2, -0.15) is 0 Å². The molecule has 5 heteroatoms. The normalized spacial score (nSPS) is 19.4. The Hall–Kier alpha value is -2.01. The SMILES string of the molecule is CC1=C(c2ccncc2)SC(c2ccc[nH]2)C(=O)N1. The van der Waals surface area contributed by atoms with Crippen LogP contribution in [-0.2, 0) is 4.79 Å². The number of nitrogens with zero attached hydrogens (tertiary/aromatic N) is 1. The van der Waals surface area contributed by atoms with Crippen LogP contribution in [0.25, 0.3) is 4.91 Å². The number of carbonyl (C=O) groups is 1. The predicted molar refractivity (Wildman–Crippen MR) is 76.1 cm³/mol. The quantitative estimate of drug-likeness (QED) is 0.883. The van der Waals surface area contributed by atoms with E-state index in [1.165, 1.54) is 0 Å². The van der Waals surface area contributed by atoms with Gasteiger partial charge in [0.1, 0.15) is 5.25 Å². The number of rotatable bonds is 2. The number of H-pyrrole nitrogens is 1. The van der Waals surface area contributed by atoms with Gasteiger partial charge in [-0.3, -0.25) is 9.78 Å². The molecule has 2 aromatic rings. The topological polar surface area (TPSA) is 57.8 Å². The van der Waals surface area contributed by atoms with Gasteiger partial charge in [-0.05, 0) is 36.8 Å². The molecular weight excluding hydrogens is 258 g/mol. The fourth-order valence-electron chi connectivity index (χ4n) is 2.07. The van der Waals surface area contributed by atoms with E-state index in [1.807, 2.05) is 37.4 Å². The summed E-state index contributed by atoms with van der Waals surface area (Å²) in [5, 5.41) is 2.71. The van der Waals surface area contributed by atoms with E-state index in [0.29, 0.717) is 0 Å². The molecule has 3 heterocycles. The summed E-state index contributed by atoms with van der Waals surface area (Å²) in [6.07, 6.45) is 5.35. The molecule has 19 heavy (non-hydrogen) atoms. The Labute approximate surface area is 115 Å². The lowest BCUT2D eigenvalue weighted by atomic mass is 10.2. The summed E-state index contributed by atoms with van der Waals surface area (Å²) in [7, 11) is 0. The second-order valence-electron chi connectivity index (χ2n) is 4.30. The van der Waals surface area contributed by atoms with Crippen LogP contribution in [0.3, 0.4) is 0 Å². The summed E-state index contributed by atoms with van der Waals surface area (Å²) < 4.78 is 0. The van der Waals surface area contributed by atoms with E-state index in [0.717, 1.165) is 21.9 Å². The molecule has 1 aliphatic heterocycles. The average Bonchev–Trinajstić information content (AvgIpc) is 2.94. The highest BCUT2D eigenvalue weighted by atomic mass is 32.2. The number of carbonyl (C=O) groups excluding carboxylic acids is 1. The molecule has 0 spiro atoms. The zero-order valence-corrected chi connectivity index (χ0v) is 11.2. The molecule has 0 saturated heterocycles. The minimum absolute atomic E-state index is 0.0164. The standard InChI is InChI=1S/C14H13N3OS/c1-9-12(10-4-7-15-8-5-10)19-13(14(18)17-9)11-3-2-6-16-11/h2-8,13,16H,1H3,(H,17,18). The lowest BCUT2D eigenvalue weighted by Crippen LogP contribution is -2.30. The van der Waals surface area contributed by atoms with E-state index < -0.39 is 0 Å². The lowest BCUT2D eigenvalue weighted by Gasteiger charge is -2.25. The van der Waals surface area contributed by atoms with Gasteiger partial charge >= 0.3 is 0 Å². The number of pyridine rings is 1. The van der Waals surface area contributed by atoms with E-state index in [1.54, 1.807) is 24.2 Å². The van der Waals surface area contributed by atoms with Crippen LogP contribution in [0, 0.1) is 0 Å². The van der Waals surface area contributed by atoms with Crippen LogP contribution in [0.15, 0.2) is 48.6 Å². The van der Waals surface area contributed by atoms with Crippen LogP contribution in [0.1, 0.15) is 23.4 Å². The maximum atomic E-state index is 12.1. The highest BCUT2D eigenvalue weighted by molar-refractivity contribution is 8.09. The highest BCUT2D eigenvalue weighted by Crippen LogP contribution is 2.43. The van der Waals surface area contributed by atoms with E-state index in [-0.39, 0.29) is 11.2 Å². The van der Waals surface area contributed by atoms with Crippen molar-refractivity contribution in [1.29, 1.82) is 0 Å². The largest absolute Gasteiger partial charge is 0.364 e. The van der Waals surface area contributed by atoms with Crippen LogP contribution < -0.4 is 5.32 Å². The number of hydrogen-bond donors (Lipinski definition) is 2. The fraction of sp³-hybridized carbons (Fsp3) is 0.143. The molecule has 0 aromatic carbocycles. The van der Waals surface area contributed by atoms with Crippen molar-refractivity contribution in [3.05, 3.63) is 59.8 Å². The number of amides is 1. The number of aromatic amines is 1. The van der Waals surface area contributed by atoms with Gasteiger partial charge in [0.15, 0.2) is 0 Å². The summed E-state index contributed by atoms with van der Waals surface area (Å²) in [5.41, 5.74) is 2.89. The molecule has 2 aromatic heterocycles. The molecule has 0 radical (unpaired) electrons. The van der Waals surface area contributed by atoms with Gasteiger partial charge in [-0.15, -0.1) is 11.8 Å². The molecule has 0 fully saturated rings. The Morgan fingerprint density at radius 2 is 2.05 bits per heavy atom. The first-order chi connectivity index (χ1) is 9.25. The molecule has 96 valence electrons. The van der Waals surface area contributed by atoms with Gasteiger partial charge in [0.05, 0.1) is 0 Å². The third kappa shape index (κ3) is 2.29. The Morgan fingerprint density at radius 3 is 2.74 bits per heavy atom. The van der Waals surface area contributed by atoms with E-state index in [2.05, 4.69) is 15.3 Å². The highest BCUT2D eigenvalue weighted by Gasteiger charge is 2.29. The zero-order chi connectivity index (χ0) is 13.2. The molecule has 4 nitrogen and oxygen atoms in total. The Balaban J connectivity index is 1.97. The second-order valence-corrected chi connectivity index (χ2v) is 5.42. The van der Waals surface area contributed by atoms with Gasteiger partial charge in [-0.1, -0.05) is 0 Å².